The average molecular weight is 200 g/mol. The van der Waals surface area contributed by atoms with Gasteiger partial charge >= 0.3 is 0 Å². The van der Waals surface area contributed by atoms with E-state index >= 15 is 0 Å². The van der Waals surface area contributed by atoms with E-state index in [4.69, 9.17) is 4.74 Å². The molecule has 0 rings (SSSR count). The van der Waals surface area contributed by atoms with E-state index in [9.17, 15) is 0 Å². The first-order valence-electron chi connectivity index (χ1n) is 5.25. The van der Waals surface area contributed by atoms with Gasteiger partial charge in [-0.15, -0.1) is 0 Å². The summed E-state index contributed by atoms with van der Waals surface area (Å²) < 4.78 is 5.00. The number of hydrogen-bond acceptors (Lipinski definition) is 3. The van der Waals surface area contributed by atoms with Crippen molar-refractivity contribution in [3.63, 3.8) is 0 Å². The second kappa shape index (κ2) is 9.19. The molecule has 0 aromatic rings. The third-order valence-corrected chi connectivity index (χ3v) is 2.01. The summed E-state index contributed by atoms with van der Waals surface area (Å²) >= 11 is 0. The number of rotatable bonds is 9. The van der Waals surface area contributed by atoms with Crippen molar-refractivity contribution in [1.29, 1.82) is 0 Å². The van der Waals surface area contributed by atoms with Crippen molar-refractivity contribution < 1.29 is 4.74 Å². The minimum atomic E-state index is 0.837. The van der Waals surface area contributed by atoms with Gasteiger partial charge in [0, 0.05) is 33.4 Å². The van der Waals surface area contributed by atoms with Crippen LogP contribution in [0.15, 0.2) is 12.2 Å². The third-order valence-electron chi connectivity index (χ3n) is 2.01. The monoisotopic (exact) mass is 200 g/mol. The summed E-state index contributed by atoms with van der Waals surface area (Å²) in [4.78, 5) is 2.28. The van der Waals surface area contributed by atoms with Gasteiger partial charge in [-0.3, -0.25) is 0 Å². The number of methoxy groups -OCH3 is 1. The molecule has 0 aromatic heterocycles. The summed E-state index contributed by atoms with van der Waals surface area (Å²) in [5, 5.41) is 3.27. The number of ether oxygens (including phenoxy) is 1. The van der Waals surface area contributed by atoms with Gasteiger partial charge in [-0.05, 0) is 25.6 Å². The Morgan fingerprint density at radius 2 is 2.21 bits per heavy atom. The SMILES string of the molecule is C=C(CNCC)CN(C)CCCOC. The second-order valence-electron chi connectivity index (χ2n) is 3.61. The molecule has 0 saturated heterocycles. The molecule has 0 atom stereocenters. The van der Waals surface area contributed by atoms with Gasteiger partial charge in [-0.25, -0.2) is 0 Å². The van der Waals surface area contributed by atoms with Gasteiger partial charge in [0.1, 0.15) is 0 Å². The van der Waals surface area contributed by atoms with Crippen LogP contribution < -0.4 is 5.32 Å². The largest absolute Gasteiger partial charge is 0.385 e. The molecule has 0 radical (unpaired) electrons. The molecule has 84 valence electrons. The average Bonchev–Trinajstić information content (AvgIpc) is 2.15. The number of nitrogens with one attached hydrogen (secondary N) is 1. The lowest BCUT2D eigenvalue weighted by Crippen LogP contribution is -2.27. The molecule has 0 amide bonds. The van der Waals surface area contributed by atoms with Crippen LogP contribution in [0.3, 0.4) is 0 Å². The van der Waals surface area contributed by atoms with Crippen LogP contribution in [-0.4, -0.2) is 51.8 Å². The van der Waals surface area contributed by atoms with Gasteiger partial charge in [0.05, 0.1) is 0 Å². The Balaban J connectivity index is 3.40. The molecule has 0 spiro atoms. The molecule has 0 saturated carbocycles. The van der Waals surface area contributed by atoms with Crippen LogP contribution in [0, 0.1) is 0 Å². The maximum Gasteiger partial charge on any atom is 0.0474 e. The lowest BCUT2D eigenvalue weighted by atomic mass is 10.2. The Bertz CT molecular complexity index is 148. The van der Waals surface area contributed by atoms with Crippen LogP contribution in [0.1, 0.15) is 13.3 Å². The predicted octanol–water partition coefficient (Wildman–Crippen LogP) is 1.12. The second-order valence-corrected chi connectivity index (χ2v) is 3.61. The topological polar surface area (TPSA) is 24.5 Å². The van der Waals surface area contributed by atoms with Gasteiger partial charge < -0.3 is 15.0 Å². The van der Waals surface area contributed by atoms with Crippen molar-refractivity contribution in [1.82, 2.24) is 10.2 Å². The summed E-state index contributed by atoms with van der Waals surface area (Å²) in [5.74, 6) is 0. The molecule has 0 aliphatic heterocycles. The van der Waals surface area contributed by atoms with E-state index in [2.05, 4.69) is 30.8 Å². The quantitative estimate of drug-likeness (QED) is 0.446. The normalized spacial score (nSPS) is 10.9. The first-order valence-corrected chi connectivity index (χ1v) is 5.25. The molecule has 0 fully saturated rings. The Kier molecular flexibility index (Phi) is 8.94. The highest BCUT2D eigenvalue weighted by molar-refractivity contribution is 4.99. The van der Waals surface area contributed by atoms with Gasteiger partial charge in [-0.2, -0.15) is 0 Å². The molecule has 0 bridgehead atoms. The third kappa shape index (κ3) is 8.23. The smallest absolute Gasteiger partial charge is 0.0474 e. The fourth-order valence-corrected chi connectivity index (χ4v) is 1.30. The zero-order valence-corrected chi connectivity index (χ0v) is 9.81. The Morgan fingerprint density at radius 1 is 1.50 bits per heavy atom. The molecule has 0 heterocycles. The molecule has 14 heavy (non-hydrogen) atoms. The Morgan fingerprint density at radius 3 is 2.79 bits per heavy atom. The number of likely N-dealkylation sites (N-methyl/N-ethyl adjacent to an activating group) is 2. The van der Waals surface area contributed by atoms with Gasteiger partial charge in [-0.1, -0.05) is 13.5 Å². The molecular formula is C11H24N2O. The zero-order chi connectivity index (χ0) is 10.8. The molecule has 0 unspecified atom stereocenters. The van der Waals surface area contributed by atoms with E-state index in [0.29, 0.717) is 0 Å². The molecule has 0 aromatic carbocycles. The summed E-state index contributed by atoms with van der Waals surface area (Å²) in [6.07, 6.45) is 1.08. The maximum atomic E-state index is 5.00. The summed E-state index contributed by atoms with van der Waals surface area (Å²) in [7, 11) is 3.86. The molecule has 0 aliphatic rings. The van der Waals surface area contributed by atoms with Gasteiger partial charge in [0.15, 0.2) is 0 Å². The molecule has 3 nitrogen and oxygen atoms in total. The standard InChI is InChI=1S/C11H24N2O/c1-5-12-9-11(2)10-13(3)7-6-8-14-4/h12H,2,5-10H2,1,3-4H3. The fraction of sp³-hybridized carbons (Fsp3) is 0.818. The van der Waals surface area contributed by atoms with E-state index in [-0.39, 0.29) is 0 Å². The highest BCUT2D eigenvalue weighted by Crippen LogP contribution is 1.94. The lowest BCUT2D eigenvalue weighted by molar-refractivity contribution is 0.181. The maximum absolute atomic E-state index is 5.00. The Hall–Kier alpha value is -0.380. The van der Waals surface area contributed by atoms with E-state index in [0.717, 1.165) is 39.2 Å². The molecule has 1 N–H and O–H groups in total. The molecule has 3 heteroatoms. The van der Waals surface area contributed by atoms with Crippen LogP contribution >= 0.6 is 0 Å². The van der Waals surface area contributed by atoms with Gasteiger partial charge in [0.25, 0.3) is 0 Å². The highest BCUT2D eigenvalue weighted by atomic mass is 16.5. The number of hydrogen-bond donors (Lipinski definition) is 1. The van der Waals surface area contributed by atoms with Crippen LogP contribution in [0.25, 0.3) is 0 Å². The van der Waals surface area contributed by atoms with Gasteiger partial charge in [0.2, 0.25) is 0 Å². The van der Waals surface area contributed by atoms with Crippen molar-refractivity contribution in [2.75, 3.05) is 46.9 Å². The van der Waals surface area contributed by atoms with Crippen molar-refractivity contribution in [2.24, 2.45) is 0 Å². The van der Waals surface area contributed by atoms with E-state index in [1.807, 2.05) is 0 Å². The minimum Gasteiger partial charge on any atom is -0.385 e. The van der Waals surface area contributed by atoms with E-state index in [1.165, 1.54) is 5.57 Å². The van der Waals surface area contributed by atoms with Crippen molar-refractivity contribution >= 4 is 0 Å². The van der Waals surface area contributed by atoms with Crippen molar-refractivity contribution in [3.8, 4) is 0 Å². The van der Waals surface area contributed by atoms with E-state index in [1.54, 1.807) is 7.11 Å². The van der Waals surface area contributed by atoms with Crippen LogP contribution in [0.2, 0.25) is 0 Å². The first kappa shape index (κ1) is 13.6. The molecule has 0 aliphatic carbocycles. The predicted molar refractivity (Wildman–Crippen MR) is 61.7 cm³/mol. The fourth-order valence-electron chi connectivity index (χ4n) is 1.30. The minimum absolute atomic E-state index is 0.837. The Labute approximate surface area is 88.1 Å². The lowest BCUT2D eigenvalue weighted by Gasteiger charge is -2.17. The van der Waals surface area contributed by atoms with Crippen molar-refractivity contribution in [2.45, 2.75) is 13.3 Å². The summed E-state index contributed by atoms with van der Waals surface area (Å²) in [6.45, 7) is 10.9. The van der Waals surface area contributed by atoms with Crippen LogP contribution in [0.5, 0.6) is 0 Å². The van der Waals surface area contributed by atoms with Crippen LogP contribution in [-0.2, 0) is 4.74 Å². The summed E-state index contributed by atoms with van der Waals surface area (Å²) in [5.41, 5.74) is 1.24. The molecular weight excluding hydrogens is 176 g/mol. The van der Waals surface area contributed by atoms with E-state index < -0.39 is 0 Å². The first-order chi connectivity index (χ1) is 6.70. The van der Waals surface area contributed by atoms with Crippen LogP contribution in [0.4, 0.5) is 0 Å². The zero-order valence-electron chi connectivity index (χ0n) is 9.81. The number of nitrogens with zero attached hydrogens (tertiary/aromatic N) is 1. The highest BCUT2D eigenvalue weighted by Gasteiger charge is 2.00. The summed E-state index contributed by atoms with van der Waals surface area (Å²) in [6, 6.07) is 0. The van der Waals surface area contributed by atoms with Crippen molar-refractivity contribution in [3.05, 3.63) is 12.2 Å².